The van der Waals surface area contributed by atoms with Gasteiger partial charge in [0, 0.05) is 67.1 Å². The Balaban J connectivity index is 0.000000203. The zero-order chi connectivity index (χ0) is 56.1. The standard InChI is InChI=1S/C34H42N6O4.C22H17FN2O4.C2H6.CH3NO/c1-22(2)29-17-30(32(42)18-31(29)41)33-37-36-23(3)40(33)27-11-9-25(10-12-27)20-38(4)19-24-5-7-26(8-6-24)21-39-15-13-28(14-16-39)44-34(35)43;1-9-10-3-2-4-11-13-7-25-17(19(13)24-16(18(10)11)6-15(9)23)5-12-14(21(25)27)8-29-22(28)20(12)26;1-2;2-1-3/h5-12,17-18,22,28,41-42H,13-16,19-21H2,1-4H3,(H2,35,43);5-6,20,26H,2-4,7-8H2,1H3;1-2H3;1H,(H2,2,3). The molecular weight excluding hydrogens is 998 g/mol. The van der Waals surface area contributed by atoms with Crippen molar-refractivity contribution >= 4 is 29.4 Å². The minimum Gasteiger partial charge on any atom is -0.508 e. The second-order valence-corrected chi connectivity index (χ2v) is 20.2. The van der Waals surface area contributed by atoms with Crippen molar-refractivity contribution in [3.63, 3.8) is 0 Å². The molecule has 11 rings (SSSR count). The predicted molar refractivity (Wildman–Crippen MR) is 293 cm³/mol. The number of halogens is 1. The average Bonchev–Trinajstić information content (AvgIpc) is 4.20. The van der Waals surface area contributed by atoms with Crippen LogP contribution in [0.2, 0.25) is 0 Å². The maximum Gasteiger partial charge on any atom is 0.404 e. The van der Waals surface area contributed by atoms with Crippen LogP contribution in [0.25, 0.3) is 39.4 Å². The third-order valence-electron chi connectivity index (χ3n) is 14.7. The van der Waals surface area contributed by atoms with E-state index in [-0.39, 0.29) is 53.5 Å². The fourth-order valence-corrected chi connectivity index (χ4v) is 10.9. The minimum absolute atomic E-state index is 0.0383. The fraction of sp³-hybridized carbons (Fsp3) is 0.373. The molecule has 7 aromatic rings. The molecule has 0 saturated carbocycles. The number of esters is 1. The Labute approximate surface area is 452 Å². The highest BCUT2D eigenvalue weighted by atomic mass is 19.1. The first-order valence-corrected chi connectivity index (χ1v) is 26.4. The molecule has 410 valence electrons. The van der Waals surface area contributed by atoms with Crippen molar-refractivity contribution in [1.82, 2.24) is 34.1 Å². The van der Waals surface area contributed by atoms with Gasteiger partial charge in [-0.15, -0.1) is 10.2 Å². The van der Waals surface area contributed by atoms with Crippen LogP contribution >= 0.6 is 0 Å². The number of aliphatic hydroxyl groups excluding tert-OH is 1. The number of nitrogens with zero attached hydrogens (tertiary/aromatic N) is 7. The zero-order valence-electron chi connectivity index (χ0n) is 45.2. The van der Waals surface area contributed by atoms with Gasteiger partial charge < -0.3 is 40.8 Å². The molecule has 7 N–H and O–H groups in total. The summed E-state index contributed by atoms with van der Waals surface area (Å²) in [7, 11) is 2.11. The van der Waals surface area contributed by atoms with E-state index >= 15 is 0 Å². The molecule has 3 aliphatic heterocycles. The first-order valence-electron chi connectivity index (χ1n) is 26.4. The predicted octanol–water partition coefficient (Wildman–Crippen LogP) is 8.05. The van der Waals surface area contributed by atoms with Crippen molar-refractivity contribution in [3.05, 3.63) is 150 Å². The van der Waals surface area contributed by atoms with E-state index in [4.69, 9.17) is 25.0 Å². The third-order valence-corrected chi connectivity index (χ3v) is 14.7. The summed E-state index contributed by atoms with van der Waals surface area (Å²) in [4.78, 5) is 53.8. The van der Waals surface area contributed by atoms with Gasteiger partial charge in [-0.1, -0.05) is 64.1 Å². The molecule has 0 spiro atoms. The molecule has 1 unspecified atom stereocenters. The van der Waals surface area contributed by atoms with E-state index < -0.39 is 18.2 Å². The van der Waals surface area contributed by atoms with Crippen LogP contribution in [-0.2, 0) is 64.7 Å². The molecule has 4 aromatic carbocycles. The van der Waals surface area contributed by atoms with E-state index in [0.29, 0.717) is 51.8 Å². The third kappa shape index (κ3) is 11.6. The van der Waals surface area contributed by atoms with Crippen LogP contribution in [0.5, 0.6) is 11.5 Å². The van der Waals surface area contributed by atoms with Crippen LogP contribution in [0.1, 0.15) is 120 Å². The topological polar surface area (TPSA) is 254 Å². The van der Waals surface area contributed by atoms with Gasteiger partial charge in [0.25, 0.3) is 5.56 Å². The molecule has 1 saturated heterocycles. The summed E-state index contributed by atoms with van der Waals surface area (Å²) >= 11 is 0. The first-order chi connectivity index (χ1) is 37.4. The maximum atomic E-state index is 14.5. The van der Waals surface area contributed by atoms with E-state index in [1.807, 2.05) is 51.3 Å². The van der Waals surface area contributed by atoms with Gasteiger partial charge in [-0.05, 0) is 122 Å². The Morgan fingerprint density at radius 2 is 1.53 bits per heavy atom. The number of phenols is 2. The number of fused-ring (bicyclic) bond motifs is 5. The van der Waals surface area contributed by atoms with Crippen LogP contribution in [-0.4, -0.2) is 94.1 Å². The number of pyridine rings is 2. The number of hydrogen-bond donors (Lipinski definition) is 5. The van der Waals surface area contributed by atoms with Crippen LogP contribution in [0.4, 0.5) is 9.18 Å². The second-order valence-electron chi connectivity index (χ2n) is 20.2. The van der Waals surface area contributed by atoms with Gasteiger partial charge in [-0.2, -0.15) is 0 Å². The SMILES string of the molecule is CC.Cc1c(F)cc2nc3c(c4c2c1CCC4)Cn1c-3cc2c(c1=O)COC(=O)C2O.Cc1nnc(-c2cc(C(C)C)c(O)cc2O)n1-c1ccc(CN(C)Cc2ccc(CN3CCC(OC(N)=O)CC3)cc2)cc1.NC=O. The summed E-state index contributed by atoms with van der Waals surface area (Å²) < 4.78 is 28.1. The number of carbonyl (C=O) groups excluding carboxylic acids is 3. The lowest BCUT2D eigenvalue weighted by Gasteiger charge is -2.31. The zero-order valence-corrected chi connectivity index (χ0v) is 45.2. The summed E-state index contributed by atoms with van der Waals surface area (Å²) in [5.41, 5.74) is 21.0. The van der Waals surface area contributed by atoms with Crippen molar-refractivity contribution in [3.8, 4) is 40.0 Å². The number of hydrogen-bond acceptors (Lipinski definition) is 14. The molecule has 78 heavy (non-hydrogen) atoms. The van der Waals surface area contributed by atoms with Gasteiger partial charge in [0.1, 0.15) is 35.9 Å². The highest BCUT2D eigenvalue weighted by molar-refractivity contribution is 5.92. The molecule has 1 aliphatic carbocycles. The summed E-state index contributed by atoms with van der Waals surface area (Å²) in [6, 6.07) is 23.4. The smallest absolute Gasteiger partial charge is 0.404 e. The van der Waals surface area contributed by atoms with Gasteiger partial charge in [-0.3, -0.25) is 24.0 Å². The van der Waals surface area contributed by atoms with Crippen molar-refractivity contribution in [2.24, 2.45) is 11.5 Å². The molecule has 18 nitrogen and oxygen atoms in total. The second kappa shape index (κ2) is 24.1. The molecular formula is C59H68FN9O9. The lowest BCUT2D eigenvalue weighted by Crippen LogP contribution is -2.38. The van der Waals surface area contributed by atoms with Crippen LogP contribution in [0, 0.1) is 19.7 Å². The number of aromatic hydroxyl groups is 2. The average molecular weight is 1070 g/mol. The number of phenolic OH excluding ortho intramolecular Hbond substituents is 2. The van der Waals surface area contributed by atoms with Crippen molar-refractivity contribution in [1.29, 1.82) is 0 Å². The Kier molecular flexibility index (Phi) is 17.4. The van der Waals surface area contributed by atoms with Crippen LogP contribution in [0.3, 0.4) is 0 Å². The van der Waals surface area contributed by atoms with Crippen LogP contribution < -0.4 is 17.0 Å². The van der Waals surface area contributed by atoms with Crippen molar-refractivity contribution < 1.29 is 43.6 Å². The number of carbonyl (C=O) groups is 3. The molecule has 3 aromatic heterocycles. The quantitative estimate of drug-likeness (QED) is 0.0642. The molecule has 1 fully saturated rings. The Morgan fingerprint density at radius 1 is 0.897 bits per heavy atom. The highest BCUT2D eigenvalue weighted by Gasteiger charge is 2.36. The first kappa shape index (κ1) is 56.2. The Bertz CT molecular complexity index is 3420. The number of aryl methyl sites for hydroxylation is 3. The van der Waals surface area contributed by atoms with E-state index in [9.17, 15) is 34.1 Å². The summed E-state index contributed by atoms with van der Waals surface area (Å²) in [5, 5.41) is 40.8. The number of piperidine rings is 1. The number of aromatic nitrogens is 5. The number of ether oxygens (including phenoxy) is 2. The summed E-state index contributed by atoms with van der Waals surface area (Å²) in [6.45, 7) is 16.2. The molecule has 19 heteroatoms. The van der Waals surface area contributed by atoms with Gasteiger partial charge in [0.15, 0.2) is 11.9 Å². The van der Waals surface area contributed by atoms with Gasteiger partial charge >= 0.3 is 12.1 Å². The van der Waals surface area contributed by atoms with Gasteiger partial charge in [-0.25, -0.2) is 19.0 Å². The number of amides is 2. The lowest BCUT2D eigenvalue weighted by molar-refractivity contribution is -0.157. The lowest BCUT2D eigenvalue weighted by atomic mass is 9.85. The fourth-order valence-electron chi connectivity index (χ4n) is 10.9. The number of benzene rings is 4. The Morgan fingerprint density at radius 3 is 2.17 bits per heavy atom. The largest absolute Gasteiger partial charge is 0.508 e. The molecule has 0 bridgehead atoms. The highest BCUT2D eigenvalue weighted by Crippen LogP contribution is 2.43. The normalized spacial score (nSPS) is 15.4. The number of aliphatic hydroxyl groups is 1. The molecule has 0 radical (unpaired) electrons. The summed E-state index contributed by atoms with van der Waals surface area (Å²) in [6.07, 6.45) is 2.23. The molecule has 4 aliphatic rings. The molecule has 6 heterocycles. The monoisotopic (exact) mass is 1070 g/mol. The number of likely N-dealkylation sites (tertiary alicyclic amines) is 1. The minimum atomic E-state index is -1.48. The van der Waals surface area contributed by atoms with Crippen molar-refractivity contribution in [2.75, 3.05) is 20.1 Å². The van der Waals surface area contributed by atoms with E-state index in [1.54, 1.807) is 23.6 Å². The van der Waals surface area contributed by atoms with Crippen molar-refractivity contribution in [2.45, 2.75) is 125 Å². The Hall–Kier alpha value is -8.00. The van der Waals surface area contributed by atoms with Crippen LogP contribution in [0.15, 0.2) is 77.6 Å². The number of nitrogens with two attached hydrogens (primary N) is 2. The number of cyclic esters (lactones) is 1. The number of primary amides is 2. The summed E-state index contributed by atoms with van der Waals surface area (Å²) in [5.74, 6) is 0.310. The van der Waals surface area contributed by atoms with Gasteiger partial charge in [0.05, 0.1) is 34.6 Å². The number of rotatable bonds is 10. The molecule has 2 amide bonds. The molecule has 1 atom stereocenters. The van der Waals surface area contributed by atoms with Gasteiger partial charge in [0.2, 0.25) is 6.41 Å². The van der Waals surface area contributed by atoms with E-state index in [0.717, 1.165) is 98.2 Å². The van der Waals surface area contributed by atoms with E-state index in [1.165, 1.54) is 28.8 Å². The maximum absolute atomic E-state index is 14.5. The van der Waals surface area contributed by atoms with E-state index in [2.05, 4.69) is 69.2 Å².